The summed E-state index contributed by atoms with van der Waals surface area (Å²) in [4.78, 5) is 12.8. The molecule has 0 bridgehead atoms. The summed E-state index contributed by atoms with van der Waals surface area (Å²) in [5, 5.41) is 0. The third-order valence-electron chi connectivity index (χ3n) is 4.79. The standard InChI is InChI=1S/C25H21F3O2/c1-24(2,19-9-7-10-20(17-19)25(26,27)28)23(29)15-14-18-8-6-13-22(16-18)30-21-11-4-3-5-12-21/h3-17H,1-2H3/b15-14+. The van der Waals surface area contributed by atoms with Crippen LogP contribution in [0.5, 0.6) is 11.5 Å². The number of ketones is 1. The van der Waals surface area contributed by atoms with Crippen molar-refractivity contribution in [3.8, 4) is 11.5 Å². The average Bonchev–Trinajstić information content (AvgIpc) is 2.72. The Balaban J connectivity index is 1.77. The predicted octanol–water partition coefficient (Wildman–Crippen LogP) is 7.06. The van der Waals surface area contributed by atoms with E-state index in [2.05, 4.69) is 0 Å². The summed E-state index contributed by atoms with van der Waals surface area (Å²) in [5.74, 6) is 1.02. The van der Waals surface area contributed by atoms with Gasteiger partial charge < -0.3 is 4.74 Å². The molecule has 0 saturated carbocycles. The highest BCUT2D eigenvalue weighted by Crippen LogP contribution is 2.33. The number of hydrogen-bond donors (Lipinski definition) is 0. The predicted molar refractivity (Wildman–Crippen MR) is 111 cm³/mol. The summed E-state index contributed by atoms with van der Waals surface area (Å²) in [6.07, 6.45) is -1.43. The minimum Gasteiger partial charge on any atom is -0.457 e. The van der Waals surface area contributed by atoms with E-state index in [0.717, 1.165) is 17.7 Å². The molecular weight excluding hydrogens is 389 g/mol. The number of benzene rings is 3. The van der Waals surface area contributed by atoms with Crippen LogP contribution < -0.4 is 4.74 Å². The number of rotatable bonds is 6. The zero-order valence-electron chi connectivity index (χ0n) is 16.6. The molecule has 0 aromatic heterocycles. The Hall–Kier alpha value is -3.34. The van der Waals surface area contributed by atoms with E-state index in [1.54, 1.807) is 38.1 Å². The molecule has 3 aromatic carbocycles. The minimum absolute atomic E-state index is 0.295. The Labute approximate surface area is 173 Å². The van der Waals surface area contributed by atoms with Crippen LogP contribution in [0.2, 0.25) is 0 Å². The number of hydrogen-bond acceptors (Lipinski definition) is 2. The number of carbonyl (C=O) groups is 1. The maximum Gasteiger partial charge on any atom is 0.416 e. The first-order chi connectivity index (χ1) is 14.2. The van der Waals surface area contributed by atoms with Gasteiger partial charge in [0.2, 0.25) is 0 Å². The third-order valence-corrected chi connectivity index (χ3v) is 4.79. The molecule has 30 heavy (non-hydrogen) atoms. The van der Waals surface area contributed by atoms with Crippen molar-refractivity contribution in [3.05, 3.63) is 102 Å². The zero-order chi connectivity index (χ0) is 21.8. The molecule has 0 aliphatic rings. The highest BCUT2D eigenvalue weighted by molar-refractivity contribution is 6.01. The van der Waals surface area contributed by atoms with Crippen molar-refractivity contribution in [1.82, 2.24) is 0 Å². The van der Waals surface area contributed by atoms with Gasteiger partial charge in [0.15, 0.2) is 5.78 Å². The number of alkyl halides is 3. The normalized spacial score (nSPS) is 12.2. The lowest BCUT2D eigenvalue weighted by atomic mass is 9.79. The second-order valence-corrected chi connectivity index (χ2v) is 7.39. The van der Waals surface area contributed by atoms with E-state index in [9.17, 15) is 18.0 Å². The van der Waals surface area contributed by atoms with Gasteiger partial charge in [-0.3, -0.25) is 4.79 Å². The zero-order valence-corrected chi connectivity index (χ0v) is 16.6. The van der Waals surface area contributed by atoms with Crippen LogP contribution in [0.3, 0.4) is 0 Å². The van der Waals surface area contributed by atoms with Gasteiger partial charge in [-0.1, -0.05) is 54.6 Å². The summed E-state index contributed by atoms with van der Waals surface area (Å²) in [6.45, 7) is 3.23. The van der Waals surface area contributed by atoms with Crippen molar-refractivity contribution in [2.45, 2.75) is 25.4 Å². The molecule has 0 aliphatic heterocycles. The smallest absolute Gasteiger partial charge is 0.416 e. The van der Waals surface area contributed by atoms with Crippen LogP contribution in [0.25, 0.3) is 6.08 Å². The number of ether oxygens (including phenoxy) is 1. The Bertz CT molecular complexity index is 1050. The summed E-state index contributed by atoms with van der Waals surface area (Å²) >= 11 is 0. The molecule has 3 aromatic rings. The first kappa shape index (κ1) is 21.4. The van der Waals surface area contributed by atoms with Gasteiger partial charge in [-0.05, 0) is 61.4 Å². The van der Waals surface area contributed by atoms with Crippen LogP contribution >= 0.6 is 0 Å². The lowest BCUT2D eigenvalue weighted by molar-refractivity contribution is -0.137. The van der Waals surface area contributed by atoms with E-state index in [0.29, 0.717) is 17.1 Å². The molecule has 0 unspecified atom stereocenters. The number of para-hydroxylation sites is 1. The van der Waals surface area contributed by atoms with Gasteiger partial charge in [-0.25, -0.2) is 0 Å². The van der Waals surface area contributed by atoms with Crippen molar-refractivity contribution < 1.29 is 22.7 Å². The Morgan fingerprint density at radius 1 is 0.800 bits per heavy atom. The molecule has 0 N–H and O–H groups in total. The third kappa shape index (κ3) is 5.17. The Morgan fingerprint density at radius 3 is 2.13 bits per heavy atom. The Morgan fingerprint density at radius 2 is 1.43 bits per heavy atom. The monoisotopic (exact) mass is 410 g/mol. The van der Waals surface area contributed by atoms with E-state index in [1.165, 1.54) is 18.2 Å². The van der Waals surface area contributed by atoms with E-state index >= 15 is 0 Å². The van der Waals surface area contributed by atoms with Gasteiger partial charge in [0, 0.05) is 0 Å². The largest absolute Gasteiger partial charge is 0.457 e. The maximum atomic E-state index is 13.0. The lowest BCUT2D eigenvalue weighted by Gasteiger charge is -2.23. The molecule has 0 atom stereocenters. The second-order valence-electron chi connectivity index (χ2n) is 7.39. The topological polar surface area (TPSA) is 26.3 Å². The van der Waals surface area contributed by atoms with E-state index < -0.39 is 17.2 Å². The second kappa shape index (κ2) is 8.57. The minimum atomic E-state index is -4.45. The average molecular weight is 410 g/mol. The molecule has 0 aliphatic carbocycles. The van der Waals surface area contributed by atoms with Crippen molar-refractivity contribution in [3.63, 3.8) is 0 Å². The van der Waals surface area contributed by atoms with Crippen molar-refractivity contribution in [2.75, 3.05) is 0 Å². The molecule has 0 heterocycles. The van der Waals surface area contributed by atoms with Crippen molar-refractivity contribution in [2.24, 2.45) is 0 Å². The number of allylic oxidation sites excluding steroid dienone is 1. The molecule has 0 fully saturated rings. The lowest BCUT2D eigenvalue weighted by Crippen LogP contribution is -2.27. The van der Waals surface area contributed by atoms with Gasteiger partial charge >= 0.3 is 6.18 Å². The molecule has 5 heteroatoms. The quantitative estimate of drug-likeness (QED) is 0.407. The van der Waals surface area contributed by atoms with Gasteiger partial charge in [-0.2, -0.15) is 13.2 Å². The van der Waals surface area contributed by atoms with Crippen molar-refractivity contribution in [1.29, 1.82) is 0 Å². The van der Waals surface area contributed by atoms with Crippen LogP contribution in [-0.2, 0) is 16.4 Å². The molecule has 154 valence electrons. The van der Waals surface area contributed by atoms with Crippen LogP contribution in [0, 0.1) is 0 Å². The van der Waals surface area contributed by atoms with E-state index in [-0.39, 0.29) is 5.78 Å². The summed E-state index contributed by atoms with van der Waals surface area (Å²) < 4.78 is 44.8. The highest BCUT2D eigenvalue weighted by Gasteiger charge is 2.34. The van der Waals surface area contributed by atoms with E-state index in [4.69, 9.17) is 4.74 Å². The molecule has 0 saturated heterocycles. The summed E-state index contributed by atoms with van der Waals surface area (Å²) in [7, 11) is 0. The van der Waals surface area contributed by atoms with Crippen LogP contribution in [0.15, 0.2) is 84.9 Å². The van der Waals surface area contributed by atoms with Crippen LogP contribution in [-0.4, -0.2) is 5.78 Å². The first-order valence-electron chi connectivity index (χ1n) is 9.39. The van der Waals surface area contributed by atoms with Crippen LogP contribution in [0.1, 0.15) is 30.5 Å². The molecular formula is C25H21F3O2. The van der Waals surface area contributed by atoms with E-state index in [1.807, 2.05) is 36.4 Å². The molecule has 2 nitrogen and oxygen atoms in total. The highest BCUT2D eigenvalue weighted by atomic mass is 19.4. The Kier molecular flexibility index (Phi) is 6.11. The summed E-state index contributed by atoms with van der Waals surface area (Å²) in [6, 6.07) is 21.4. The number of carbonyl (C=O) groups excluding carboxylic acids is 1. The van der Waals surface area contributed by atoms with Gasteiger partial charge in [-0.15, -0.1) is 0 Å². The van der Waals surface area contributed by atoms with Gasteiger partial charge in [0.1, 0.15) is 11.5 Å². The van der Waals surface area contributed by atoms with Crippen LogP contribution in [0.4, 0.5) is 13.2 Å². The molecule has 0 radical (unpaired) electrons. The van der Waals surface area contributed by atoms with Gasteiger partial charge in [0.25, 0.3) is 0 Å². The SMILES string of the molecule is CC(C)(C(=O)/C=C/c1cccc(Oc2ccccc2)c1)c1cccc(C(F)(F)F)c1. The summed E-state index contributed by atoms with van der Waals surface area (Å²) in [5.41, 5.74) is -0.809. The molecule has 0 spiro atoms. The van der Waals surface area contributed by atoms with Crippen molar-refractivity contribution >= 4 is 11.9 Å². The fourth-order valence-electron chi connectivity index (χ4n) is 2.91. The van der Waals surface area contributed by atoms with Gasteiger partial charge in [0.05, 0.1) is 11.0 Å². The molecule has 3 rings (SSSR count). The fourth-order valence-corrected chi connectivity index (χ4v) is 2.91. The first-order valence-corrected chi connectivity index (χ1v) is 9.39. The fraction of sp³-hybridized carbons (Fsp3) is 0.160. The maximum absolute atomic E-state index is 13.0. The molecule has 0 amide bonds. The number of halogens is 3.